The van der Waals surface area contributed by atoms with Crippen LogP contribution >= 0.6 is 0 Å². The molecule has 1 aromatic heterocycles. The number of benzene rings is 1. The molecule has 4 rings (SSSR count). The molecular weight excluding hydrogens is 356 g/mol. The minimum Gasteiger partial charge on any atom is -0.480 e. The van der Waals surface area contributed by atoms with Gasteiger partial charge < -0.3 is 10.0 Å². The Hall–Kier alpha value is -2.77. The quantitative estimate of drug-likeness (QED) is 0.895. The number of likely N-dealkylation sites (tertiary alicyclic amines) is 1. The van der Waals surface area contributed by atoms with Gasteiger partial charge in [0, 0.05) is 23.9 Å². The number of amides is 1. The van der Waals surface area contributed by atoms with E-state index in [0.717, 1.165) is 42.7 Å². The number of nitrogens with zero attached hydrogens (tertiary/aromatic N) is 3. The van der Waals surface area contributed by atoms with E-state index in [2.05, 4.69) is 5.10 Å². The number of hydrogen-bond donors (Lipinski definition) is 1. The van der Waals surface area contributed by atoms with Crippen LogP contribution < -0.4 is 0 Å². The van der Waals surface area contributed by atoms with Crippen molar-refractivity contribution in [3.8, 4) is 5.69 Å². The second-order valence-electron chi connectivity index (χ2n) is 6.99. The van der Waals surface area contributed by atoms with Crippen LogP contribution in [0.1, 0.15) is 47.4 Å². The number of carbonyl (C=O) groups is 2. The lowest BCUT2D eigenvalue weighted by atomic mass is 10.0. The number of halogens is 2. The monoisotopic (exact) mass is 375 g/mol. The highest BCUT2D eigenvalue weighted by atomic mass is 19.2. The molecule has 1 amide bonds. The van der Waals surface area contributed by atoms with Gasteiger partial charge in [-0.3, -0.25) is 4.79 Å². The first-order valence-corrected chi connectivity index (χ1v) is 9.07. The average molecular weight is 375 g/mol. The molecule has 0 radical (unpaired) electrons. The lowest BCUT2D eigenvalue weighted by molar-refractivity contribution is -0.143. The number of aliphatic carboxylic acids is 1. The molecular formula is C19H19F2N3O3. The van der Waals surface area contributed by atoms with Gasteiger partial charge in [0.15, 0.2) is 17.3 Å². The van der Waals surface area contributed by atoms with Crippen molar-refractivity contribution < 1.29 is 23.5 Å². The van der Waals surface area contributed by atoms with E-state index < -0.39 is 29.6 Å². The summed E-state index contributed by atoms with van der Waals surface area (Å²) in [6, 6.07) is 2.65. The zero-order valence-corrected chi connectivity index (χ0v) is 14.6. The Balaban J connectivity index is 1.75. The van der Waals surface area contributed by atoms with Crippen LogP contribution in [0.15, 0.2) is 18.2 Å². The van der Waals surface area contributed by atoms with Crippen molar-refractivity contribution >= 4 is 11.9 Å². The molecule has 1 aromatic carbocycles. The van der Waals surface area contributed by atoms with Crippen LogP contribution in [0.4, 0.5) is 8.78 Å². The smallest absolute Gasteiger partial charge is 0.326 e. The normalized spacial score (nSPS) is 19.2. The van der Waals surface area contributed by atoms with Crippen LogP contribution in [0.5, 0.6) is 0 Å². The molecule has 1 unspecified atom stereocenters. The number of carbonyl (C=O) groups excluding carboxylic acids is 1. The Bertz CT molecular complexity index is 925. The van der Waals surface area contributed by atoms with Gasteiger partial charge in [0.2, 0.25) is 0 Å². The van der Waals surface area contributed by atoms with E-state index in [1.807, 2.05) is 0 Å². The minimum atomic E-state index is -1.01. The van der Waals surface area contributed by atoms with Crippen molar-refractivity contribution in [2.24, 2.45) is 0 Å². The molecule has 1 N–H and O–H groups in total. The first-order valence-electron chi connectivity index (χ1n) is 9.07. The van der Waals surface area contributed by atoms with Crippen molar-refractivity contribution in [3.05, 3.63) is 46.8 Å². The Morgan fingerprint density at radius 1 is 1.11 bits per heavy atom. The summed E-state index contributed by atoms with van der Waals surface area (Å²) in [5, 5.41) is 13.8. The van der Waals surface area contributed by atoms with Crippen LogP contribution in [0, 0.1) is 11.6 Å². The summed E-state index contributed by atoms with van der Waals surface area (Å²) in [6.45, 7) is 0.378. The highest BCUT2D eigenvalue weighted by Crippen LogP contribution is 2.30. The molecule has 0 bridgehead atoms. The van der Waals surface area contributed by atoms with Gasteiger partial charge in [0.1, 0.15) is 6.04 Å². The molecule has 0 spiro atoms. The molecule has 8 heteroatoms. The van der Waals surface area contributed by atoms with Crippen LogP contribution in [0.25, 0.3) is 5.69 Å². The van der Waals surface area contributed by atoms with E-state index in [-0.39, 0.29) is 5.69 Å². The Kier molecular flexibility index (Phi) is 4.41. The largest absolute Gasteiger partial charge is 0.480 e. The van der Waals surface area contributed by atoms with E-state index >= 15 is 0 Å². The number of hydrogen-bond acceptors (Lipinski definition) is 3. The summed E-state index contributed by atoms with van der Waals surface area (Å²) < 4.78 is 28.4. The van der Waals surface area contributed by atoms with E-state index in [1.165, 1.54) is 15.6 Å². The van der Waals surface area contributed by atoms with Gasteiger partial charge in [-0.05, 0) is 50.7 Å². The van der Waals surface area contributed by atoms with Crippen molar-refractivity contribution in [2.75, 3.05) is 6.54 Å². The van der Waals surface area contributed by atoms with Gasteiger partial charge in [-0.15, -0.1) is 0 Å². The van der Waals surface area contributed by atoms with E-state index in [9.17, 15) is 23.5 Å². The summed E-state index contributed by atoms with van der Waals surface area (Å²) in [6.07, 6.45) is 4.11. The van der Waals surface area contributed by atoms with E-state index in [4.69, 9.17) is 0 Å². The van der Waals surface area contributed by atoms with E-state index in [0.29, 0.717) is 31.5 Å². The van der Waals surface area contributed by atoms with Crippen molar-refractivity contribution in [2.45, 2.75) is 44.6 Å². The lowest BCUT2D eigenvalue weighted by Gasteiger charge is -2.32. The van der Waals surface area contributed by atoms with Gasteiger partial charge in [-0.1, -0.05) is 0 Å². The van der Waals surface area contributed by atoms with Crippen LogP contribution in [0.2, 0.25) is 0 Å². The fourth-order valence-corrected chi connectivity index (χ4v) is 4.01. The van der Waals surface area contributed by atoms with Gasteiger partial charge >= 0.3 is 5.97 Å². The average Bonchev–Trinajstić information content (AvgIpc) is 3.26. The Morgan fingerprint density at radius 2 is 1.93 bits per heavy atom. The van der Waals surface area contributed by atoms with Crippen molar-refractivity contribution in [1.82, 2.24) is 14.7 Å². The third-order valence-electron chi connectivity index (χ3n) is 5.33. The van der Waals surface area contributed by atoms with Crippen LogP contribution in [0.3, 0.4) is 0 Å². The zero-order valence-electron chi connectivity index (χ0n) is 14.6. The number of carboxylic acid groups (broad SMARTS) is 1. The molecule has 2 aromatic rings. The predicted molar refractivity (Wildman–Crippen MR) is 91.8 cm³/mol. The summed E-state index contributed by atoms with van der Waals surface area (Å²) in [4.78, 5) is 26.0. The maximum absolute atomic E-state index is 13.7. The molecule has 1 saturated heterocycles. The Labute approximate surface area is 154 Å². The zero-order chi connectivity index (χ0) is 19.1. The minimum absolute atomic E-state index is 0.223. The number of fused-ring (bicyclic) bond motifs is 1. The van der Waals surface area contributed by atoms with Gasteiger partial charge in [0.25, 0.3) is 5.91 Å². The number of rotatable bonds is 3. The number of carboxylic acids is 1. The third kappa shape index (κ3) is 2.98. The fraction of sp³-hybridized carbons (Fsp3) is 0.421. The molecule has 142 valence electrons. The molecule has 2 aliphatic rings. The highest BCUT2D eigenvalue weighted by molar-refractivity contribution is 5.96. The number of piperidine rings is 1. The lowest BCUT2D eigenvalue weighted by Crippen LogP contribution is -2.48. The summed E-state index contributed by atoms with van der Waals surface area (Å²) in [5.41, 5.74) is 2.15. The number of aromatic nitrogens is 2. The molecule has 0 saturated carbocycles. The van der Waals surface area contributed by atoms with E-state index in [1.54, 1.807) is 0 Å². The predicted octanol–water partition coefficient (Wildman–Crippen LogP) is 2.72. The maximum Gasteiger partial charge on any atom is 0.326 e. The van der Waals surface area contributed by atoms with Gasteiger partial charge in [0.05, 0.1) is 5.69 Å². The highest BCUT2D eigenvalue weighted by Gasteiger charge is 2.36. The Morgan fingerprint density at radius 3 is 2.67 bits per heavy atom. The SMILES string of the molecule is O=C(O)C1CCCCN1C(=O)c1nn(-c2ccc(F)c(F)c2)c2c1CCC2. The van der Waals surface area contributed by atoms with Crippen molar-refractivity contribution in [3.63, 3.8) is 0 Å². The first kappa shape index (κ1) is 17.6. The maximum atomic E-state index is 13.7. The summed E-state index contributed by atoms with van der Waals surface area (Å²) >= 11 is 0. The van der Waals surface area contributed by atoms with Crippen LogP contribution in [-0.4, -0.2) is 44.3 Å². The molecule has 1 aliphatic carbocycles. The fourth-order valence-electron chi connectivity index (χ4n) is 4.01. The summed E-state index contributed by atoms with van der Waals surface area (Å²) in [7, 11) is 0. The third-order valence-corrected chi connectivity index (χ3v) is 5.33. The second kappa shape index (κ2) is 6.75. The summed E-state index contributed by atoms with van der Waals surface area (Å²) in [5.74, 6) is -3.35. The molecule has 1 aliphatic heterocycles. The van der Waals surface area contributed by atoms with Gasteiger partial charge in [-0.2, -0.15) is 5.10 Å². The second-order valence-corrected chi connectivity index (χ2v) is 6.99. The molecule has 1 fully saturated rings. The molecule has 6 nitrogen and oxygen atoms in total. The topological polar surface area (TPSA) is 75.4 Å². The van der Waals surface area contributed by atoms with Crippen molar-refractivity contribution in [1.29, 1.82) is 0 Å². The molecule has 2 heterocycles. The van der Waals surface area contributed by atoms with Gasteiger partial charge in [-0.25, -0.2) is 18.3 Å². The first-order chi connectivity index (χ1) is 13.0. The molecule has 1 atom stereocenters. The van der Waals surface area contributed by atoms with Crippen LogP contribution in [-0.2, 0) is 17.6 Å². The standard InChI is InChI=1S/C19H19F2N3O3/c20-13-8-7-11(10-14(13)21)24-15-6-3-4-12(15)17(22-24)18(25)23-9-2-1-5-16(23)19(26)27/h7-8,10,16H,1-6,9H2,(H,26,27). The molecule has 27 heavy (non-hydrogen) atoms.